The van der Waals surface area contributed by atoms with Crippen molar-refractivity contribution in [3.8, 4) is 11.4 Å². The number of hydrogen-bond donors (Lipinski definition) is 1. The Morgan fingerprint density at radius 1 is 1.28 bits per heavy atom. The third-order valence-corrected chi connectivity index (χ3v) is 4.64. The number of hydrogen-bond acceptors (Lipinski definition) is 2. The molecule has 25 heavy (non-hydrogen) atoms. The molecule has 0 spiro atoms. The van der Waals surface area contributed by atoms with Crippen LogP contribution in [0, 0.1) is 11.8 Å². The minimum Gasteiger partial charge on any atom is -0.352 e. The van der Waals surface area contributed by atoms with Crippen molar-refractivity contribution in [1.29, 1.82) is 0 Å². The zero-order chi connectivity index (χ0) is 17.4. The van der Waals surface area contributed by atoms with E-state index >= 15 is 0 Å². The molecular weight excluding hydrogens is 312 g/mol. The SMILES string of the molecule is CC(C)CNC(=O)c1cc(-c2ccn(CC3CC3)n2)n2ccccc12. The van der Waals surface area contributed by atoms with Gasteiger partial charge in [0.25, 0.3) is 5.91 Å². The molecule has 1 fully saturated rings. The van der Waals surface area contributed by atoms with E-state index in [-0.39, 0.29) is 5.91 Å². The molecule has 1 N–H and O–H groups in total. The van der Waals surface area contributed by atoms with Crippen molar-refractivity contribution in [3.05, 3.63) is 48.3 Å². The van der Waals surface area contributed by atoms with Gasteiger partial charge in [-0.1, -0.05) is 19.9 Å². The molecular formula is C20H24N4O. The van der Waals surface area contributed by atoms with Gasteiger partial charge >= 0.3 is 0 Å². The number of pyridine rings is 1. The molecule has 0 bridgehead atoms. The fourth-order valence-electron chi connectivity index (χ4n) is 3.09. The summed E-state index contributed by atoms with van der Waals surface area (Å²) in [6.45, 7) is 5.85. The molecule has 0 aromatic carbocycles. The van der Waals surface area contributed by atoms with Gasteiger partial charge in [0, 0.05) is 25.5 Å². The molecule has 1 amide bonds. The minimum atomic E-state index is -0.0268. The van der Waals surface area contributed by atoms with Gasteiger partial charge in [-0.15, -0.1) is 0 Å². The van der Waals surface area contributed by atoms with Crippen LogP contribution in [0.15, 0.2) is 42.7 Å². The summed E-state index contributed by atoms with van der Waals surface area (Å²) in [5, 5.41) is 7.74. The van der Waals surface area contributed by atoms with E-state index in [1.807, 2.05) is 51.8 Å². The number of carbonyl (C=O) groups is 1. The zero-order valence-electron chi connectivity index (χ0n) is 14.8. The van der Waals surface area contributed by atoms with E-state index in [1.54, 1.807) is 0 Å². The van der Waals surface area contributed by atoms with Gasteiger partial charge in [0.15, 0.2) is 0 Å². The average Bonchev–Trinajstić information content (AvgIpc) is 3.15. The van der Waals surface area contributed by atoms with Crippen LogP contribution >= 0.6 is 0 Å². The molecule has 0 unspecified atom stereocenters. The Balaban J connectivity index is 1.69. The van der Waals surface area contributed by atoms with E-state index < -0.39 is 0 Å². The maximum atomic E-state index is 12.6. The van der Waals surface area contributed by atoms with E-state index in [4.69, 9.17) is 5.10 Å². The Morgan fingerprint density at radius 3 is 2.88 bits per heavy atom. The summed E-state index contributed by atoms with van der Waals surface area (Å²) in [7, 11) is 0. The van der Waals surface area contributed by atoms with Crippen molar-refractivity contribution in [3.63, 3.8) is 0 Å². The maximum absolute atomic E-state index is 12.6. The largest absolute Gasteiger partial charge is 0.352 e. The lowest BCUT2D eigenvalue weighted by Gasteiger charge is -2.06. The van der Waals surface area contributed by atoms with Gasteiger partial charge < -0.3 is 9.72 Å². The second kappa shape index (κ2) is 6.39. The molecule has 130 valence electrons. The smallest absolute Gasteiger partial charge is 0.253 e. The van der Waals surface area contributed by atoms with Crippen molar-refractivity contribution in [2.45, 2.75) is 33.2 Å². The maximum Gasteiger partial charge on any atom is 0.253 e. The Bertz CT molecular complexity index is 901. The van der Waals surface area contributed by atoms with E-state index in [1.165, 1.54) is 12.8 Å². The summed E-state index contributed by atoms with van der Waals surface area (Å²) in [5.74, 6) is 1.19. The Kier molecular flexibility index (Phi) is 4.07. The number of amides is 1. The summed E-state index contributed by atoms with van der Waals surface area (Å²) in [6.07, 6.45) is 6.64. The van der Waals surface area contributed by atoms with Crippen LogP contribution in [0.2, 0.25) is 0 Å². The summed E-state index contributed by atoms with van der Waals surface area (Å²) in [6, 6.07) is 9.91. The lowest BCUT2D eigenvalue weighted by molar-refractivity contribution is 0.0951. The van der Waals surface area contributed by atoms with Crippen molar-refractivity contribution in [1.82, 2.24) is 19.5 Å². The molecule has 1 aliphatic carbocycles. The minimum absolute atomic E-state index is 0.0268. The number of carbonyl (C=O) groups excluding carboxylic acids is 1. The highest BCUT2D eigenvalue weighted by atomic mass is 16.1. The van der Waals surface area contributed by atoms with Crippen molar-refractivity contribution in [2.24, 2.45) is 11.8 Å². The van der Waals surface area contributed by atoms with Crippen LogP contribution in [-0.4, -0.2) is 26.6 Å². The molecule has 0 radical (unpaired) electrons. The number of nitrogens with zero attached hydrogens (tertiary/aromatic N) is 3. The van der Waals surface area contributed by atoms with Gasteiger partial charge in [0.2, 0.25) is 0 Å². The summed E-state index contributed by atoms with van der Waals surface area (Å²) >= 11 is 0. The van der Waals surface area contributed by atoms with Gasteiger partial charge in [-0.3, -0.25) is 9.48 Å². The van der Waals surface area contributed by atoms with Gasteiger partial charge in [-0.25, -0.2) is 0 Å². The predicted octanol–water partition coefficient (Wildman–Crippen LogP) is 3.60. The van der Waals surface area contributed by atoms with Gasteiger partial charge in [-0.2, -0.15) is 5.10 Å². The van der Waals surface area contributed by atoms with Gasteiger partial charge in [0.1, 0.15) is 5.69 Å². The average molecular weight is 336 g/mol. The van der Waals surface area contributed by atoms with Gasteiger partial charge in [0.05, 0.1) is 16.8 Å². The fraction of sp³-hybridized carbons (Fsp3) is 0.400. The van der Waals surface area contributed by atoms with E-state index in [0.717, 1.165) is 29.4 Å². The Hall–Kier alpha value is -2.56. The second-order valence-corrected chi connectivity index (χ2v) is 7.37. The molecule has 3 aromatic heterocycles. The summed E-state index contributed by atoms with van der Waals surface area (Å²) in [5.41, 5.74) is 3.48. The van der Waals surface area contributed by atoms with Crippen LogP contribution in [0.25, 0.3) is 16.9 Å². The molecule has 1 aliphatic rings. The summed E-state index contributed by atoms with van der Waals surface area (Å²) in [4.78, 5) is 12.6. The summed E-state index contributed by atoms with van der Waals surface area (Å²) < 4.78 is 4.07. The number of nitrogens with one attached hydrogen (secondary N) is 1. The third-order valence-electron chi connectivity index (χ3n) is 4.64. The lowest BCUT2D eigenvalue weighted by Crippen LogP contribution is -2.27. The fourth-order valence-corrected chi connectivity index (χ4v) is 3.09. The lowest BCUT2D eigenvalue weighted by atomic mass is 10.2. The first-order valence-corrected chi connectivity index (χ1v) is 9.04. The van der Waals surface area contributed by atoms with Crippen LogP contribution in [0.5, 0.6) is 0 Å². The number of aromatic nitrogens is 3. The van der Waals surface area contributed by atoms with Crippen LogP contribution in [0.4, 0.5) is 0 Å². The predicted molar refractivity (Wildman–Crippen MR) is 98.5 cm³/mol. The molecule has 0 saturated heterocycles. The molecule has 3 aromatic rings. The Labute approximate surface area is 147 Å². The normalized spacial score (nSPS) is 14.4. The molecule has 1 saturated carbocycles. The Morgan fingerprint density at radius 2 is 2.12 bits per heavy atom. The van der Waals surface area contributed by atoms with Crippen molar-refractivity contribution < 1.29 is 4.79 Å². The highest BCUT2D eigenvalue weighted by Gasteiger charge is 2.23. The topological polar surface area (TPSA) is 51.3 Å². The van der Waals surface area contributed by atoms with Crippen LogP contribution < -0.4 is 5.32 Å². The highest BCUT2D eigenvalue weighted by molar-refractivity contribution is 6.02. The van der Waals surface area contributed by atoms with Crippen LogP contribution in [-0.2, 0) is 6.54 Å². The standard InChI is InChI=1S/C20H24N4O/c1-14(2)12-21-20(25)16-11-19(24-9-4-3-5-18(16)24)17-8-10-23(22-17)13-15-6-7-15/h3-5,8-11,14-15H,6-7,12-13H2,1-2H3,(H,21,25). The first-order valence-electron chi connectivity index (χ1n) is 9.04. The molecule has 4 rings (SSSR count). The molecule has 0 aliphatic heterocycles. The third kappa shape index (κ3) is 3.31. The van der Waals surface area contributed by atoms with Crippen LogP contribution in [0.1, 0.15) is 37.0 Å². The molecule has 0 atom stereocenters. The van der Waals surface area contributed by atoms with E-state index in [0.29, 0.717) is 18.0 Å². The second-order valence-electron chi connectivity index (χ2n) is 7.37. The molecule has 3 heterocycles. The monoisotopic (exact) mass is 336 g/mol. The van der Waals surface area contributed by atoms with Crippen molar-refractivity contribution >= 4 is 11.4 Å². The molecule has 5 heteroatoms. The molecule has 5 nitrogen and oxygen atoms in total. The first-order chi connectivity index (χ1) is 12.1. The van der Waals surface area contributed by atoms with E-state index in [2.05, 4.69) is 19.2 Å². The first kappa shape index (κ1) is 15.9. The van der Waals surface area contributed by atoms with Crippen LogP contribution in [0.3, 0.4) is 0 Å². The highest BCUT2D eigenvalue weighted by Crippen LogP contribution is 2.31. The zero-order valence-corrected chi connectivity index (χ0v) is 14.8. The van der Waals surface area contributed by atoms with Gasteiger partial charge in [-0.05, 0) is 48.9 Å². The van der Waals surface area contributed by atoms with Crippen molar-refractivity contribution in [2.75, 3.05) is 6.54 Å². The number of rotatable bonds is 6. The van der Waals surface area contributed by atoms with E-state index in [9.17, 15) is 4.79 Å². The number of fused-ring (bicyclic) bond motifs is 1. The quantitative estimate of drug-likeness (QED) is 0.748.